The third-order valence-corrected chi connectivity index (χ3v) is 3.34. The molecule has 1 aliphatic rings. The van der Waals surface area contributed by atoms with Gasteiger partial charge in [-0.15, -0.1) is 6.58 Å². The van der Waals surface area contributed by atoms with Gasteiger partial charge in [-0.25, -0.2) is 0 Å². The molecule has 0 aliphatic carbocycles. The Morgan fingerprint density at radius 1 is 1.58 bits per heavy atom. The van der Waals surface area contributed by atoms with Crippen molar-refractivity contribution in [1.82, 2.24) is 0 Å². The van der Waals surface area contributed by atoms with Gasteiger partial charge in [0.1, 0.15) is 0 Å². The van der Waals surface area contributed by atoms with E-state index in [1.54, 1.807) is 0 Å². The fourth-order valence-electron chi connectivity index (χ4n) is 1.52. The van der Waals surface area contributed by atoms with Gasteiger partial charge in [0, 0.05) is 5.25 Å². The Morgan fingerprint density at radius 2 is 2.42 bits per heavy atom. The molecule has 2 atom stereocenters. The Kier molecular flexibility index (Phi) is 4.77. The van der Waals surface area contributed by atoms with Gasteiger partial charge in [0.2, 0.25) is 0 Å². The summed E-state index contributed by atoms with van der Waals surface area (Å²) in [5.41, 5.74) is 0. The first-order chi connectivity index (χ1) is 5.86. The van der Waals surface area contributed by atoms with Gasteiger partial charge in [-0.1, -0.05) is 13.0 Å². The second kappa shape index (κ2) is 5.65. The van der Waals surface area contributed by atoms with Gasteiger partial charge in [0.25, 0.3) is 0 Å². The first-order valence-electron chi connectivity index (χ1n) is 4.71. The molecule has 1 heterocycles. The highest BCUT2D eigenvalue weighted by atomic mass is 32.2. The van der Waals surface area contributed by atoms with Crippen molar-refractivity contribution < 1.29 is 4.74 Å². The van der Waals surface area contributed by atoms with Gasteiger partial charge in [0.05, 0.1) is 12.7 Å². The lowest BCUT2D eigenvalue weighted by Gasteiger charge is -2.27. The molecule has 0 spiro atoms. The SMILES string of the molecule is C=CC[C@H]1CC[C@@H](SCC)CO1. The van der Waals surface area contributed by atoms with Gasteiger partial charge < -0.3 is 4.74 Å². The third kappa shape index (κ3) is 3.20. The van der Waals surface area contributed by atoms with Crippen molar-refractivity contribution in [1.29, 1.82) is 0 Å². The van der Waals surface area contributed by atoms with E-state index in [2.05, 4.69) is 13.5 Å². The molecule has 1 aliphatic heterocycles. The van der Waals surface area contributed by atoms with Crippen LogP contribution in [0.4, 0.5) is 0 Å². The summed E-state index contributed by atoms with van der Waals surface area (Å²) < 4.78 is 5.69. The summed E-state index contributed by atoms with van der Waals surface area (Å²) in [7, 11) is 0. The highest BCUT2D eigenvalue weighted by Crippen LogP contribution is 2.24. The lowest BCUT2D eigenvalue weighted by molar-refractivity contribution is 0.0222. The Hall–Kier alpha value is 0.0500. The van der Waals surface area contributed by atoms with E-state index in [-0.39, 0.29) is 0 Å². The predicted octanol–water partition coefficient (Wildman–Crippen LogP) is 2.86. The molecule has 0 radical (unpaired) electrons. The second-order valence-corrected chi connectivity index (χ2v) is 4.71. The molecule has 70 valence electrons. The summed E-state index contributed by atoms with van der Waals surface area (Å²) in [6.45, 7) is 6.88. The summed E-state index contributed by atoms with van der Waals surface area (Å²) in [6.07, 6.45) is 5.96. The first kappa shape index (κ1) is 10.1. The first-order valence-corrected chi connectivity index (χ1v) is 5.75. The van der Waals surface area contributed by atoms with Crippen molar-refractivity contribution in [3.05, 3.63) is 12.7 Å². The second-order valence-electron chi connectivity index (χ2n) is 3.13. The maximum atomic E-state index is 5.69. The standard InChI is InChI=1S/C10H18OS/c1-3-5-9-6-7-10(8-11-9)12-4-2/h3,9-10H,1,4-8H2,2H3/t9-,10+/m0/s1. The molecule has 0 unspecified atom stereocenters. The van der Waals surface area contributed by atoms with Crippen LogP contribution < -0.4 is 0 Å². The van der Waals surface area contributed by atoms with E-state index in [1.165, 1.54) is 18.6 Å². The molecule has 0 N–H and O–H groups in total. The fourth-order valence-corrected chi connectivity index (χ4v) is 2.47. The van der Waals surface area contributed by atoms with Crippen LogP contribution in [-0.2, 0) is 4.74 Å². The molecule has 1 nitrogen and oxygen atoms in total. The summed E-state index contributed by atoms with van der Waals surface area (Å²) in [6, 6.07) is 0. The average Bonchev–Trinajstić information content (AvgIpc) is 2.09. The van der Waals surface area contributed by atoms with Crippen LogP contribution in [0, 0.1) is 0 Å². The molecule has 0 aromatic carbocycles. The highest BCUT2D eigenvalue weighted by molar-refractivity contribution is 7.99. The van der Waals surface area contributed by atoms with E-state index in [9.17, 15) is 0 Å². The van der Waals surface area contributed by atoms with E-state index in [0.29, 0.717) is 6.10 Å². The van der Waals surface area contributed by atoms with Crippen molar-refractivity contribution in [3.8, 4) is 0 Å². The minimum absolute atomic E-state index is 0.455. The molecule has 12 heavy (non-hydrogen) atoms. The van der Waals surface area contributed by atoms with Gasteiger partial charge in [-0.2, -0.15) is 11.8 Å². The summed E-state index contributed by atoms with van der Waals surface area (Å²) >= 11 is 2.02. The summed E-state index contributed by atoms with van der Waals surface area (Å²) in [5.74, 6) is 1.21. The van der Waals surface area contributed by atoms with E-state index >= 15 is 0 Å². The largest absolute Gasteiger partial charge is 0.377 e. The van der Waals surface area contributed by atoms with Crippen LogP contribution in [0.25, 0.3) is 0 Å². The monoisotopic (exact) mass is 186 g/mol. The van der Waals surface area contributed by atoms with Crippen molar-refractivity contribution in [3.63, 3.8) is 0 Å². The molecule has 2 heteroatoms. The molecule has 0 amide bonds. The molecule has 0 aromatic rings. The number of rotatable bonds is 4. The third-order valence-electron chi connectivity index (χ3n) is 2.16. The van der Waals surface area contributed by atoms with Crippen LogP contribution in [-0.4, -0.2) is 23.7 Å². The van der Waals surface area contributed by atoms with Crippen LogP contribution in [0.3, 0.4) is 0 Å². The Balaban J connectivity index is 2.15. The van der Waals surface area contributed by atoms with Gasteiger partial charge in [0.15, 0.2) is 0 Å². The number of thioether (sulfide) groups is 1. The zero-order valence-corrected chi connectivity index (χ0v) is 8.61. The van der Waals surface area contributed by atoms with Gasteiger partial charge in [-0.05, 0) is 25.0 Å². The minimum atomic E-state index is 0.455. The topological polar surface area (TPSA) is 9.23 Å². The van der Waals surface area contributed by atoms with Crippen molar-refractivity contribution in [2.75, 3.05) is 12.4 Å². The van der Waals surface area contributed by atoms with Crippen LogP contribution >= 0.6 is 11.8 Å². The zero-order chi connectivity index (χ0) is 8.81. The smallest absolute Gasteiger partial charge is 0.0610 e. The van der Waals surface area contributed by atoms with Crippen LogP contribution in [0.2, 0.25) is 0 Å². The lowest BCUT2D eigenvalue weighted by atomic mass is 10.1. The molecule has 1 fully saturated rings. The predicted molar refractivity (Wildman–Crippen MR) is 55.7 cm³/mol. The average molecular weight is 186 g/mol. The normalized spacial score (nSPS) is 30.1. The van der Waals surface area contributed by atoms with Gasteiger partial charge >= 0.3 is 0 Å². The quantitative estimate of drug-likeness (QED) is 0.624. The Morgan fingerprint density at radius 3 is 2.92 bits per heavy atom. The minimum Gasteiger partial charge on any atom is -0.377 e. The Bertz CT molecular complexity index is 128. The van der Waals surface area contributed by atoms with E-state index in [1.807, 2.05) is 17.8 Å². The molecule has 0 aromatic heterocycles. The molecule has 0 bridgehead atoms. The highest BCUT2D eigenvalue weighted by Gasteiger charge is 2.20. The lowest BCUT2D eigenvalue weighted by Crippen LogP contribution is -2.27. The van der Waals surface area contributed by atoms with Crippen LogP contribution in [0.15, 0.2) is 12.7 Å². The number of ether oxygens (including phenoxy) is 1. The maximum Gasteiger partial charge on any atom is 0.0610 e. The number of hydrogen-bond acceptors (Lipinski definition) is 2. The van der Waals surface area contributed by atoms with Crippen molar-refractivity contribution >= 4 is 11.8 Å². The van der Waals surface area contributed by atoms with E-state index in [4.69, 9.17) is 4.74 Å². The zero-order valence-electron chi connectivity index (χ0n) is 7.79. The van der Waals surface area contributed by atoms with Crippen molar-refractivity contribution in [2.45, 2.75) is 37.5 Å². The van der Waals surface area contributed by atoms with Crippen LogP contribution in [0.5, 0.6) is 0 Å². The maximum absolute atomic E-state index is 5.69. The Labute approximate surface area is 79.6 Å². The molecule has 1 rings (SSSR count). The number of hydrogen-bond donors (Lipinski definition) is 0. The molecular weight excluding hydrogens is 168 g/mol. The molecule has 0 saturated carbocycles. The summed E-state index contributed by atoms with van der Waals surface area (Å²) in [5, 5.41) is 0.746. The summed E-state index contributed by atoms with van der Waals surface area (Å²) in [4.78, 5) is 0. The van der Waals surface area contributed by atoms with E-state index < -0.39 is 0 Å². The molecular formula is C10H18OS. The van der Waals surface area contributed by atoms with E-state index in [0.717, 1.165) is 18.3 Å². The van der Waals surface area contributed by atoms with Crippen LogP contribution in [0.1, 0.15) is 26.2 Å². The van der Waals surface area contributed by atoms with Gasteiger partial charge in [-0.3, -0.25) is 0 Å². The molecule has 1 saturated heterocycles. The fraction of sp³-hybridized carbons (Fsp3) is 0.800. The van der Waals surface area contributed by atoms with Crippen molar-refractivity contribution in [2.24, 2.45) is 0 Å².